The highest BCUT2D eigenvalue weighted by Crippen LogP contribution is 2.20. The molecule has 0 aliphatic heterocycles. The fourth-order valence-corrected chi connectivity index (χ4v) is 2.92. The summed E-state index contributed by atoms with van der Waals surface area (Å²) in [5.41, 5.74) is 0.825. The Balaban J connectivity index is 1.64. The maximum atomic E-state index is 12.3. The molecule has 138 valence electrons. The minimum Gasteiger partial charge on any atom is -0.508 e. The Kier molecular flexibility index (Phi) is 4.81. The van der Waals surface area contributed by atoms with Crippen LogP contribution in [-0.2, 0) is 27.1 Å². The topological polar surface area (TPSA) is 114 Å². The molecule has 0 aliphatic carbocycles. The average molecular weight is 359 g/mol. The summed E-state index contributed by atoms with van der Waals surface area (Å²) in [4.78, 5) is 28.4. The van der Waals surface area contributed by atoms with Crippen molar-refractivity contribution in [1.82, 2.24) is 24.0 Å². The van der Waals surface area contributed by atoms with E-state index in [2.05, 4.69) is 10.3 Å². The van der Waals surface area contributed by atoms with Crippen LogP contribution in [0.1, 0.15) is 5.56 Å². The Labute approximate surface area is 148 Å². The number of imidazole rings is 1. The Morgan fingerprint density at radius 3 is 2.42 bits per heavy atom. The fraction of sp³-hybridized carbons (Fsp3) is 0.353. The second kappa shape index (κ2) is 7.04. The van der Waals surface area contributed by atoms with Crippen LogP contribution in [0.3, 0.4) is 0 Å². The Morgan fingerprint density at radius 2 is 1.73 bits per heavy atom. The number of hydrogen-bond acceptors (Lipinski definition) is 6. The standard InChI is InChI=1S/C17H21N5O4/c1-20-15-14(16(25)21(2)17(20)26)22(10-19-15)6-5-18-4-3-11-7-12(23)9-13(24)8-11/h7-10,18,23-24H,3-6H2,1-2H3. The van der Waals surface area contributed by atoms with E-state index in [1.165, 1.54) is 17.7 Å². The average Bonchev–Trinajstić information content (AvgIpc) is 3.01. The number of nitrogens with zero attached hydrogens (tertiary/aromatic N) is 4. The Bertz CT molecular complexity index is 1040. The lowest BCUT2D eigenvalue weighted by atomic mass is 10.1. The van der Waals surface area contributed by atoms with Crippen LogP contribution in [0.15, 0.2) is 34.1 Å². The SMILES string of the molecule is Cn1c(=O)c2c(ncn2CCNCCc2cc(O)cc(O)c2)n(C)c1=O. The summed E-state index contributed by atoms with van der Waals surface area (Å²) in [6.45, 7) is 1.77. The van der Waals surface area contributed by atoms with Crippen LogP contribution >= 0.6 is 0 Å². The van der Waals surface area contributed by atoms with Crippen LogP contribution in [-0.4, -0.2) is 42.0 Å². The summed E-state index contributed by atoms with van der Waals surface area (Å²) >= 11 is 0. The molecule has 1 aromatic carbocycles. The molecule has 3 aromatic rings. The van der Waals surface area contributed by atoms with Gasteiger partial charge >= 0.3 is 5.69 Å². The van der Waals surface area contributed by atoms with Gasteiger partial charge in [0.25, 0.3) is 5.56 Å². The van der Waals surface area contributed by atoms with E-state index in [0.29, 0.717) is 37.2 Å². The Hall–Kier alpha value is -3.07. The van der Waals surface area contributed by atoms with Gasteiger partial charge in [0.1, 0.15) is 11.5 Å². The Morgan fingerprint density at radius 1 is 1.04 bits per heavy atom. The van der Waals surface area contributed by atoms with Crippen molar-refractivity contribution in [3.63, 3.8) is 0 Å². The molecule has 2 heterocycles. The summed E-state index contributed by atoms with van der Waals surface area (Å²) in [6, 6.07) is 4.50. The molecular formula is C17H21N5O4. The number of phenolic OH excluding ortho intramolecular Hbond substituents is 2. The molecule has 26 heavy (non-hydrogen) atoms. The van der Waals surface area contributed by atoms with E-state index < -0.39 is 5.69 Å². The molecule has 0 fully saturated rings. The molecule has 9 heteroatoms. The minimum absolute atomic E-state index is 0.0337. The zero-order valence-electron chi connectivity index (χ0n) is 14.6. The quantitative estimate of drug-likeness (QED) is 0.520. The third kappa shape index (κ3) is 3.33. The monoisotopic (exact) mass is 359 g/mol. The molecule has 3 rings (SSSR count). The molecule has 0 amide bonds. The molecule has 0 spiro atoms. The number of phenols is 2. The number of aryl methyl sites for hydroxylation is 1. The molecular weight excluding hydrogens is 338 g/mol. The lowest BCUT2D eigenvalue weighted by Crippen LogP contribution is -2.37. The maximum Gasteiger partial charge on any atom is 0.332 e. The first-order valence-corrected chi connectivity index (χ1v) is 8.22. The van der Waals surface area contributed by atoms with E-state index >= 15 is 0 Å². The van der Waals surface area contributed by atoms with E-state index in [4.69, 9.17) is 0 Å². The molecule has 0 bridgehead atoms. The molecule has 0 radical (unpaired) electrons. The first-order valence-electron chi connectivity index (χ1n) is 8.22. The van der Waals surface area contributed by atoms with Gasteiger partial charge in [-0.05, 0) is 30.7 Å². The highest BCUT2D eigenvalue weighted by molar-refractivity contribution is 5.69. The number of hydrogen-bond donors (Lipinski definition) is 3. The van der Waals surface area contributed by atoms with E-state index in [1.807, 2.05) is 0 Å². The smallest absolute Gasteiger partial charge is 0.332 e. The molecule has 0 aliphatic rings. The summed E-state index contributed by atoms with van der Waals surface area (Å²) < 4.78 is 4.15. The summed E-state index contributed by atoms with van der Waals surface area (Å²) in [5.74, 6) is 0.0673. The highest BCUT2D eigenvalue weighted by Gasteiger charge is 2.13. The van der Waals surface area contributed by atoms with Crippen molar-refractivity contribution in [3.8, 4) is 11.5 Å². The van der Waals surface area contributed by atoms with E-state index in [1.54, 1.807) is 30.1 Å². The van der Waals surface area contributed by atoms with Crippen LogP contribution in [0.25, 0.3) is 11.2 Å². The number of aromatic nitrogens is 4. The number of nitrogens with one attached hydrogen (secondary N) is 1. The molecule has 0 unspecified atom stereocenters. The van der Waals surface area contributed by atoms with E-state index in [9.17, 15) is 19.8 Å². The van der Waals surface area contributed by atoms with Crippen molar-refractivity contribution in [2.45, 2.75) is 13.0 Å². The normalized spacial score (nSPS) is 11.3. The third-order valence-electron chi connectivity index (χ3n) is 4.30. The number of fused-ring (bicyclic) bond motifs is 1. The van der Waals surface area contributed by atoms with Gasteiger partial charge in [0, 0.05) is 33.3 Å². The molecule has 3 N–H and O–H groups in total. The molecule has 0 atom stereocenters. The van der Waals surface area contributed by atoms with Crippen LogP contribution in [0.5, 0.6) is 11.5 Å². The zero-order chi connectivity index (χ0) is 18.8. The molecule has 0 saturated heterocycles. The summed E-state index contributed by atoms with van der Waals surface area (Å²) in [6.07, 6.45) is 2.20. The first-order chi connectivity index (χ1) is 12.4. The van der Waals surface area contributed by atoms with Gasteiger partial charge < -0.3 is 20.1 Å². The van der Waals surface area contributed by atoms with Crippen LogP contribution in [0.4, 0.5) is 0 Å². The van der Waals surface area contributed by atoms with Crippen molar-refractivity contribution < 1.29 is 10.2 Å². The molecule has 0 saturated carbocycles. The molecule has 9 nitrogen and oxygen atoms in total. The second-order valence-electron chi connectivity index (χ2n) is 6.17. The largest absolute Gasteiger partial charge is 0.508 e. The van der Waals surface area contributed by atoms with Crippen LogP contribution < -0.4 is 16.6 Å². The summed E-state index contributed by atoms with van der Waals surface area (Å²) in [5, 5.41) is 22.2. The molecule has 2 aromatic heterocycles. The fourth-order valence-electron chi connectivity index (χ4n) is 2.92. The highest BCUT2D eigenvalue weighted by atomic mass is 16.3. The predicted octanol–water partition coefficient (Wildman–Crippen LogP) is -0.323. The van der Waals surface area contributed by atoms with Gasteiger partial charge in [-0.15, -0.1) is 0 Å². The van der Waals surface area contributed by atoms with Crippen molar-refractivity contribution in [2.75, 3.05) is 13.1 Å². The van der Waals surface area contributed by atoms with Gasteiger partial charge in [0.15, 0.2) is 11.2 Å². The van der Waals surface area contributed by atoms with E-state index in [0.717, 1.165) is 10.1 Å². The van der Waals surface area contributed by atoms with E-state index in [-0.39, 0.29) is 17.1 Å². The van der Waals surface area contributed by atoms with Crippen molar-refractivity contribution >= 4 is 11.2 Å². The van der Waals surface area contributed by atoms with Crippen LogP contribution in [0.2, 0.25) is 0 Å². The third-order valence-corrected chi connectivity index (χ3v) is 4.30. The lowest BCUT2D eigenvalue weighted by molar-refractivity contribution is 0.449. The number of benzene rings is 1. The van der Waals surface area contributed by atoms with Gasteiger partial charge in [-0.3, -0.25) is 13.9 Å². The summed E-state index contributed by atoms with van der Waals surface area (Å²) in [7, 11) is 3.04. The predicted molar refractivity (Wildman–Crippen MR) is 96.6 cm³/mol. The minimum atomic E-state index is -0.403. The number of aromatic hydroxyl groups is 2. The van der Waals surface area contributed by atoms with Crippen molar-refractivity contribution in [1.29, 1.82) is 0 Å². The van der Waals surface area contributed by atoms with Crippen molar-refractivity contribution in [3.05, 3.63) is 50.9 Å². The van der Waals surface area contributed by atoms with Gasteiger partial charge in [0.05, 0.1) is 6.33 Å². The van der Waals surface area contributed by atoms with Gasteiger partial charge in [-0.1, -0.05) is 0 Å². The van der Waals surface area contributed by atoms with Gasteiger partial charge in [-0.2, -0.15) is 0 Å². The first kappa shape index (κ1) is 17.7. The zero-order valence-corrected chi connectivity index (χ0v) is 14.6. The van der Waals surface area contributed by atoms with Crippen molar-refractivity contribution in [2.24, 2.45) is 14.1 Å². The van der Waals surface area contributed by atoms with Crippen LogP contribution in [0, 0.1) is 0 Å². The second-order valence-corrected chi connectivity index (χ2v) is 6.17. The van der Waals surface area contributed by atoms with Gasteiger partial charge in [-0.25, -0.2) is 9.78 Å². The number of rotatable bonds is 6. The van der Waals surface area contributed by atoms with Gasteiger partial charge in [0.2, 0.25) is 0 Å². The lowest BCUT2D eigenvalue weighted by Gasteiger charge is -2.08. The maximum absolute atomic E-state index is 12.3.